The van der Waals surface area contributed by atoms with Crippen LogP contribution in [0.25, 0.3) is 0 Å². The van der Waals surface area contributed by atoms with Gasteiger partial charge in [-0.15, -0.1) is 11.3 Å². The monoisotopic (exact) mass is 383 g/mol. The first kappa shape index (κ1) is 13.4. The van der Waals surface area contributed by atoms with Crippen molar-refractivity contribution in [2.24, 2.45) is 0 Å². The summed E-state index contributed by atoms with van der Waals surface area (Å²) in [4.78, 5) is 1.58. The number of benzene rings is 1. The normalized spacial score (nSPS) is 18.2. The van der Waals surface area contributed by atoms with Crippen molar-refractivity contribution in [3.63, 3.8) is 0 Å². The first-order chi connectivity index (χ1) is 9.13. The molecule has 1 nitrogen and oxygen atoms in total. The van der Waals surface area contributed by atoms with Crippen LogP contribution in [0, 0.1) is 16.7 Å². The van der Waals surface area contributed by atoms with Crippen LogP contribution >= 0.6 is 33.9 Å². The molecule has 1 atom stereocenters. The second kappa shape index (κ2) is 5.44. The Hall–Kier alpha value is -0.550. The molecule has 3 rings (SSSR count). The highest BCUT2D eigenvalue weighted by Gasteiger charge is 2.22. The fourth-order valence-corrected chi connectivity index (χ4v) is 4.82. The van der Waals surface area contributed by atoms with E-state index in [4.69, 9.17) is 0 Å². The van der Waals surface area contributed by atoms with Crippen molar-refractivity contribution >= 4 is 39.6 Å². The maximum absolute atomic E-state index is 3.72. The van der Waals surface area contributed by atoms with E-state index in [-0.39, 0.29) is 0 Å². The Morgan fingerprint density at radius 3 is 2.84 bits per heavy atom. The highest BCUT2D eigenvalue weighted by Crippen LogP contribution is 2.38. The van der Waals surface area contributed by atoms with Crippen LogP contribution in [0.15, 0.2) is 24.3 Å². The van der Waals surface area contributed by atoms with E-state index in [0.717, 1.165) is 0 Å². The molecule has 0 spiro atoms. The van der Waals surface area contributed by atoms with E-state index in [1.807, 2.05) is 11.3 Å². The van der Waals surface area contributed by atoms with Gasteiger partial charge in [0.05, 0.1) is 8.93 Å². The van der Waals surface area contributed by atoms with Crippen LogP contribution in [0.4, 0.5) is 5.69 Å². The summed E-state index contributed by atoms with van der Waals surface area (Å²) in [5.41, 5.74) is 5.50. The third-order valence-electron chi connectivity index (χ3n) is 3.93. The number of rotatable bonds is 2. The smallest absolute Gasteiger partial charge is 0.0660 e. The van der Waals surface area contributed by atoms with Crippen LogP contribution in [0.1, 0.15) is 40.5 Å². The first-order valence-corrected chi connectivity index (χ1v) is 8.65. The Balaban J connectivity index is 1.86. The molecule has 1 aliphatic carbocycles. The van der Waals surface area contributed by atoms with Gasteiger partial charge in [-0.2, -0.15) is 0 Å². The lowest BCUT2D eigenvalue weighted by Crippen LogP contribution is -2.15. The molecule has 0 radical (unpaired) electrons. The van der Waals surface area contributed by atoms with Crippen molar-refractivity contribution in [3.8, 4) is 0 Å². The molecule has 1 aromatic heterocycles. The molecular formula is C16H18INS. The Morgan fingerprint density at radius 1 is 1.21 bits per heavy atom. The van der Waals surface area contributed by atoms with Crippen LogP contribution in [-0.2, 0) is 6.42 Å². The van der Waals surface area contributed by atoms with Gasteiger partial charge in [-0.25, -0.2) is 0 Å². The van der Waals surface area contributed by atoms with Gasteiger partial charge in [-0.1, -0.05) is 6.07 Å². The Morgan fingerprint density at radius 2 is 2.05 bits per heavy atom. The number of fused-ring (bicyclic) bond motifs is 1. The molecule has 1 N–H and O–H groups in total. The standard InChI is InChI=1S/C16H18INS/c1-10-6-7-12(8-11(10)2)18-14-4-3-5-15-13(14)9-16(17)19-15/h6-9,14,18H,3-5H2,1-2H3. The Bertz CT molecular complexity index is 603. The number of nitrogens with one attached hydrogen (secondary N) is 1. The molecule has 3 heteroatoms. The SMILES string of the molecule is Cc1ccc(NC2CCCc3sc(I)cc32)cc1C. The molecule has 0 saturated carbocycles. The summed E-state index contributed by atoms with van der Waals surface area (Å²) >= 11 is 4.40. The van der Waals surface area contributed by atoms with Crippen LogP contribution < -0.4 is 5.32 Å². The Kier molecular flexibility index (Phi) is 3.85. The zero-order valence-electron chi connectivity index (χ0n) is 11.3. The summed E-state index contributed by atoms with van der Waals surface area (Å²) in [5.74, 6) is 0. The van der Waals surface area contributed by atoms with Crippen LogP contribution in [-0.4, -0.2) is 0 Å². The molecule has 0 bridgehead atoms. The Labute approximate surface area is 132 Å². The number of hydrogen-bond acceptors (Lipinski definition) is 2. The zero-order valence-corrected chi connectivity index (χ0v) is 14.3. The van der Waals surface area contributed by atoms with Crippen LogP contribution in [0.2, 0.25) is 0 Å². The number of aryl methyl sites for hydroxylation is 3. The third-order valence-corrected chi connectivity index (χ3v) is 5.90. The van der Waals surface area contributed by atoms with Gasteiger partial charge in [-0.3, -0.25) is 0 Å². The lowest BCUT2D eigenvalue weighted by atomic mass is 9.93. The summed E-state index contributed by atoms with van der Waals surface area (Å²) < 4.78 is 1.41. The first-order valence-electron chi connectivity index (χ1n) is 6.75. The molecular weight excluding hydrogens is 365 g/mol. The minimum absolute atomic E-state index is 0.491. The lowest BCUT2D eigenvalue weighted by molar-refractivity contribution is 0.609. The number of halogens is 1. The second-order valence-electron chi connectivity index (χ2n) is 5.32. The summed E-state index contributed by atoms with van der Waals surface area (Å²) in [5, 5.41) is 3.72. The average Bonchev–Trinajstić information content (AvgIpc) is 2.75. The molecule has 100 valence electrons. The van der Waals surface area contributed by atoms with Gasteiger partial charge in [0.15, 0.2) is 0 Å². The summed E-state index contributed by atoms with van der Waals surface area (Å²) in [6, 6.07) is 9.53. The highest BCUT2D eigenvalue weighted by atomic mass is 127. The molecule has 0 aliphatic heterocycles. The third kappa shape index (κ3) is 2.82. The van der Waals surface area contributed by atoms with E-state index in [1.54, 1.807) is 4.88 Å². The van der Waals surface area contributed by atoms with Gasteiger partial charge >= 0.3 is 0 Å². The zero-order chi connectivity index (χ0) is 13.4. The number of thiophene rings is 1. The topological polar surface area (TPSA) is 12.0 Å². The van der Waals surface area contributed by atoms with Crippen molar-refractivity contribution in [3.05, 3.63) is 48.7 Å². The summed E-state index contributed by atoms with van der Waals surface area (Å²) in [6.45, 7) is 4.35. The summed E-state index contributed by atoms with van der Waals surface area (Å²) in [7, 11) is 0. The molecule has 1 aromatic carbocycles. The number of hydrogen-bond donors (Lipinski definition) is 1. The van der Waals surface area contributed by atoms with Gasteiger partial charge in [0, 0.05) is 10.6 Å². The fraction of sp³-hybridized carbons (Fsp3) is 0.375. The van der Waals surface area contributed by atoms with E-state index in [2.05, 4.69) is 66.0 Å². The molecule has 19 heavy (non-hydrogen) atoms. The predicted octanol–water partition coefficient (Wildman–Crippen LogP) is 5.46. The fourth-order valence-electron chi connectivity index (χ4n) is 2.70. The van der Waals surface area contributed by atoms with Gasteiger partial charge in [0.1, 0.15) is 0 Å². The van der Waals surface area contributed by atoms with Gasteiger partial charge in [0.2, 0.25) is 0 Å². The molecule has 0 saturated heterocycles. The van der Waals surface area contributed by atoms with Crippen molar-refractivity contribution in [2.45, 2.75) is 39.2 Å². The molecule has 1 heterocycles. The van der Waals surface area contributed by atoms with E-state index in [9.17, 15) is 0 Å². The largest absolute Gasteiger partial charge is 0.378 e. The van der Waals surface area contributed by atoms with E-state index >= 15 is 0 Å². The second-order valence-corrected chi connectivity index (χ2v) is 8.35. The van der Waals surface area contributed by atoms with Crippen molar-refractivity contribution in [1.29, 1.82) is 0 Å². The number of anilines is 1. The minimum Gasteiger partial charge on any atom is -0.378 e. The van der Waals surface area contributed by atoms with E-state index in [1.165, 1.54) is 44.5 Å². The molecule has 2 aromatic rings. The van der Waals surface area contributed by atoms with Gasteiger partial charge in [0.25, 0.3) is 0 Å². The molecule has 0 fully saturated rings. The molecule has 0 amide bonds. The van der Waals surface area contributed by atoms with Crippen LogP contribution in [0.5, 0.6) is 0 Å². The summed E-state index contributed by atoms with van der Waals surface area (Å²) in [6.07, 6.45) is 3.80. The maximum atomic E-state index is 3.72. The quantitative estimate of drug-likeness (QED) is 0.680. The van der Waals surface area contributed by atoms with Crippen LogP contribution in [0.3, 0.4) is 0 Å². The highest BCUT2D eigenvalue weighted by molar-refractivity contribution is 14.1. The van der Waals surface area contributed by atoms with Crippen molar-refractivity contribution in [2.75, 3.05) is 5.32 Å². The van der Waals surface area contributed by atoms with Crippen molar-refractivity contribution < 1.29 is 0 Å². The predicted molar refractivity (Wildman–Crippen MR) is 92.3 cm³/mol. The van der Waals surface area contributed by atoms with E-state index < -0.39 is 0 Å². The van der Waals surface area contributed by atoms with E-state index in [0.29, 0.717) is 6.04 Å². The minimum atomic E-state index is 0.491. The van der Waals surface area contributed by atoms with Crippen molar-refractivity contribution in [1.82, 2.24) is 0 Å². The van der Waals surface area contributed by atoms with Gasteiger partial charge < -0.3 is 5.32 Å². The molecule has 1 unspecified atom stereocenters. The maximum Gasteiger partial charge on any atom is 0.0660 e. The van der Waals surface area contributed by atoms with Gasteiger partial charge in [-0.05, 0) is 90.6 Å². The lowest BCUT2D eigenvalue weighted by Gasteiger charge is -2.25. The molecule has 1 aliphatic rings. The average molecular weight is 383 g/mol.